The predicted octanol–water partition coefficient (Wildman–Crippen LogP) is 2.17. The van der Waals surface area contributed by atoms with Crippen molar-refractivity contribution in [1.29, 1.82) is 0 Å². The van der Waals surface area contributed by atoms with Gasteiger partial charge in [-0.05, 0) is 18.2 Å². The van der Waals surface area contributed by atoms with E-state index in [1.165, 1.54) is 20.3 Å². The van der Waals surface area contributed by atoms with Crippen LogP contribution < -0.4 is 10.1 Å². The number of esters is 1. The lowest BCUT2D eigenvalue weighted by Gasteiger charge is -2.12. The van der Waals surface area contributed by atoms with Gasteiger partial charge in [-0.1, -0.05) is 6.08 Å². The van der Waals surface area contributed by atoms with Crippen LogP contribution in [0, 0.1) is 0 Å². The first-order valence-corrected chi connectivity index (χ1v) is 6.07. The Balaban J connectivity index is 2.81. The van der Waals surface area contributed by atoms with Crippen LogP contribution in [0.5, 0.6) is 5.75 Å². The molecule has 22 heavy (non-hydrogen) atoms. The van der Waals surface area contributed by atoms with E-state index >= 15 is 0 Å². The lowest BCUT2D eigenvalue weighted by molar-refractivity contribution is -0.137. The number of rotatable bonds is 5. The Hall–Kier alpha value is -2.51. The number of benzene rings is 1. The highest BCUT2D eigenvalue weighted by molar-refractivity contribution is 5.97. The van der Waals surface area contributed by atoms with Crippen LogP contribution in [0.1, 0.15) is 15.9 Å². The molecule has 0 aromatic heterocycles. The molecular weight excluding hydrogens is 303 g/mol. The number of ether oxygens (including phenoxy) is 2. The van der Waals surface area contributed by atoms with Crippen molar-refractivity contribution in [3.63, 3.8) is 0 Å². The molecule has 0 saturated heterocycles. The summed E-state index contributed by atoms with van der Waals surface area (Å²) in [6.45, 7) is 0.0120. The average molecular weight is 317 g/mol. The Morgan fingerprint density at radius 3 is 2.50 bits per heavy atom. The molecule has 5 nitrogen and oxygen atoms in total. The number of halogens is 3. The van der Waals surface area contributed by atoms with Gasteiger partial charge in [0.05, 0.1) is 25.3 Å². The number of nitrogens with one attached hydrogen (secondary N) is 1. The van der Waals surface area contributed by atoms with Crippen LogP contribution in [0.25, 0.3) is 0 Å². The second-order valence-corrected chi connectivity index (χ2v) is 4.05. The monoisotopic (exact) mass is 317 g/mol. The van der Waals surface area contributed by atoms with Crippen molar-refractivity contribution in [3.8, 4) is 5.75 Å². The maximum atomic E-state index is 12.6. The van der Waals surface area contributed by atoms with E-state index in [0.717, 1.165) is 24.3 Å². The third kappa shape index (κ3) is 4.80. The van der Waals surface area contributed by atoms with Gasteiger partial charge in [-0.25, -0.2) is 4.79 Å². The molecule has 0 aliphatic heterocycles. The van der Waals surface area contributed by atoms with Gasteiger partial charge in [0.15, 0.2) is 0 Å². The third-order valence-corrected chi connectivity index (χ3v) is 2.61. The van der Waals surface area contributed by atoms with Gasteiger partial charge in [0.1, 0.15) is 5.75 Å². The normalized spacial score (nSPS) is 11.3. The standard InChI is InChI=1S/C14H14F3NO4/c1-21-11-8-9(14(15,16)17)5-6-10(11)13(20)18-7-3-4-12(19)22-2/h3-6,8H,7H2,1-2H3,(H,18,20)/b4-3+. The Morgan fingerprint density at radius 1 is 1.27 bits per heavy atom. The molecule has 0 spiro atoms. The molecule has 0 radical (unpaired) electrons. The van der Waals surface area contributed by atoms with Gasteiger partial charge >= 0.3 is 12.1 Å². The molecular formula is C14H14F3NO4. The fourth-order valence-corrected chi connectivity index (χ4v) is 1.53. The highest BCUT2D eigenvalue weighted by Gasteiger charge is 2.31. The Kier molecular flexibility index (Phi) is 5.97. The quantitative estimate of drug-likeness (QED) is 0.668. The van der Waals surface area contributed by atoms with E-state index in [9.17, 15) is 22.8 Å². The van der Waals surface area contributed by atoms with Gasteiger partial charge in [0, 0.05) is 12.6 Å². The summed E-state index contributed by atoms with van der Waals surface area (Å²) in [5.41, 5.74) is -0.951. The van der Waals surface area contributed by atoms with Crippen molar-refractivity contribution in [2.24, 2.45) is 0 Å². The Labute approximate surface area is 124 Å². The molecule has 1 rings (SSSR count). The highest BCUT2D eigenvalue weighted by Crippen LogP contribution is 2.32. The summed E-state index contributed by atoms with van der Waals surface area (Å²) in [5, 5.41) is 2.42. The van der Waals surface area contributed by atoms with Crippen LogP contribution in [0.15, 0.2) is 30.4 Å². The molecule has 1 aromatic carbocycles. The second kappa shape index (κ2) is 7.48. The molecule has 0 fully saturated rings. The number of amides is 1. The minimum absolute atomic E-state index is 0.0120. The van der Waals surface area contributed by atoms with Crippen LogP contribution in [0.2, 0.25) is 0 Å². The lowest BCUT2D eigenvalue weighted by atomic mass is 10.1. The first-order chi connectivity index (χ1) is 10.3. The van der Waals surface area contributed by atoms with Crippen molar-refractivity contribution in [3.05, 3.63) is 41.5 Å². The SMILES string of the molecule is COC(=O)/C=C/CNC(=O)c1ccc(C(F)(F)F)cc1OC. The van der Waals surface area contributed by atoms with E-state index < -0.39 is 23.6 Å². The van der Waals surface area contributed by atoms with E-state index in [2.05, 4.69) is 10.1 Å². The molecule has 1 N–H and O–H groups in total. The summed E-state index contributed by atoms with van der Waals surface area (Å²) in [4.78, 5) is 22.7. The zero-order valence-electron chi connectivity index (χ0n) is 11.9. The van der Waals surface area contributed by atoms with Gasteiger partial charge in [-0.3, -0.25) is 4.79 Å². The minimum atomic E-state index is -4.52. The molecule has 0 aliphatic carbocycles. The molecule has 0 unspecified atom stereocenters. The number of methoxy groups -OCH3 is 2. The number of alkyl halides is 3. The van der Waals surface area contributed by atoms with Gasteiger partial charge in [-0.2, -0.15) is 13.2 Å². The largest absolute Gasteiger partial charge is 0.496 e. The molecule has 0 heterocycles. The minimum Gasteiger partial charge on any atom is -0.496 e. The van der Waals surface area contributed by atoms with E-state index in [1.54, 1.807) is 0 Å². The number of hydrogen-bond acceptors (Lipinski definition) is 4. The zero-order chi connectivity index (χ0) is 16.8. The summed E-state index contributed by atoms with van der Waals surface area (Å²) in [7, 11) is 2.38. The third-order valence-electron chi connectivity index (χ3n) is 2.61. The summed E-state index contributed by atoms with van der Waals surface area (Å²) >= 11 is 0. The van der Waals surface area contributed by atoms with E-state index in [1.807, 2.05) is 0 Å². The Bertz CT molecular complexity index is 582. The van der Waals surface area contributed by atoms with Crippen molar-refractivity contribution in [1.82, 2.24) is 5.32 Å². The van der Waals surface area contributed by atoms with Crippen molar-refractivity contribution >= 4 is 11.9 Å². The molecule has 0 saturated carbocycles. The van der Waals surface area contributed by atoms with Gasteiger partial charge in [-0.15, -0.1) is 0 Å². The Morgan fingerprint density at radius 2 is 1.95 bits per heavy atom. The van der Waals surface area contributed by atoms with E-state index in [0.29, 0.717) is 0 Å². The van der Waals surface area contributed by atoms with E-state index in [-0.39, 0.29) is 17.9 Å². The lowest BCUT2D eigenvalue weighted by Crippen LogP contribution is -2.24. The van der Waals surface area contributed by atoms with Gasteiger partial charge < -0.3 is 14.8 Å². The van der Waals surface area contributed by atoms with E-state index in [4.69, 9.17) is 4.74 Å². The smallest absolute Gasteiger partial charge is 0.416 e. The van der Waals surface area contributed by atoms with Crippen molar-refractivity contribution in [2.45, 2.75) is 6.18 Å². The number of carbonyl (C=O) groups is 2. The van der Waals surface area contributed by atoms with Crippen LogP contribution in [0.4, 0.5) is 13.2 Å². The molecule has 8 heteroatoms. The van der Waals surface area contributed by atoms with Crippen molar-refractivity contribution < 1.29 is 32.2 Å². The van der Waals surface area contributed by atoms with Crippen LogP contribution in [-0.4, -0.2) is 32.6 Å². The fraction of sp³-hybridized carbons (Fsp3) is 0.286. The summed E-state index contributed by atoms with van der Waals surface area (Å²) in [5.74, 6) is -1.40. The predicted molar refractivity (Wildman–Crippen MR) is 71.5 cm³/mol. The maximum Gasteiger partial charge on any atom is 0.416 e. The highest BCUT2D eigenvalue weighted by atomic mass is 19.4. The number of carbonyl (C=O) groups excluding carboxylic acids is 2. The van der Waals surface area contributed by atoms with Gasteiger partial charge in [0.25, 0.3) is 5.91 Å². The molecule has 0 atom stereocenters. The molecule has 1 amide bonds. The summed E-state index contributed by atoms with van der Waals surface area (Å²) < 4.78 is 46.9. The average Bonchev–Trinajstić information content (AvgIpc) is 2.49. The zero-order valence-corrected chi connectivity index (χ0v) is 11.9. The van der Waals surface area contributed by atoms with Crippen molar-refractivity contribution in [2.75, 3.05) is 20.8 Å². The van der Waals surface area contributed by atoms with Crippen LogP contribution in [0.3, 0.4) is 0 Å². The maximum absolute atomic E-state index is 12.6. The first kappa shape index (κ1) is 17.5. The number of hydrogen-bond donors (Lipinski definition) is 1. The molecule has 0 aliphatic rings. The first-order valence-electron chi connectivity index (χ1n) is 6.07. The van der Waals surface area contributed by atoms with Crippen LogP contribution in [-0.2, 0) is 15.7 Å². The van der Waals surface area contributed by atoms with Crippen LogP contribution >= 0.6 is 0 Å². The molecule has 0 bridgehead atoms. The summed E-state index contributed by atoms with van der Waals surface area (Å²) in [6.07, 6.45) is -2.06. The fourth-order valence-electron chi connectivity index (χ4n) is 1.53. The topological polar surface area (TPSA) is 64.6 Å². The van der Waals surface area contributed by atoms with Gasteiger partial charge in [0.2, 0.25) is 0 Å². The molecule has 120 valence electrons. The second-order valence-electron chi connectivity index (χ2n) is 4.05. The molecule has 1 aromatic rings. The summed E-state index contributed by atoms with van der Waals surface area (Å²) in [6, 6.07) is 2.57.